The van der Waals surface area contributed by atoms with Gasteiger partial charge in [-0.15, -0.1) is 0 Å². The number of esters is 1. The highest BCUT2D eigenvalue weighted by Gasteiger charge is 2.51. The summed E-state index contributed by atoms with van der Waals surface area (Å²) >= 11 is 0. The lowest BCUT2D eigenvalue weighted by molar-refractivity contribution is 0.00298. The third kappa shape index (κ3) is 3.02. The Morgan fingerprint density at radius 2 is 2.00 bits per heavy atom. The number of hydrogen-bond donors (Lipinski definition) is 1. The van der Waals surface area contributed by atoms with Crippen molar-refractivity contribution in [1.29, 1.82) is 0 Å². The summed E-state index contributed by atoms with van der Waals surface area (Å²) in [6.07, 6.45) is 4.76. The fraction of sp³-hybridized carbons (Fsp3) is 0.520. The smallest absolute Gasteiger partial charge is 0.344 e. The number of rotatable bonds is 3. The molecule has 1 saturated carbocycles. The number of carbonyl (C=O) groups excluding carboxylic acids is 1. The van der Waals surface area contributed by atoms with Crippen LogP contribution in [-0.4, -0.2) is 21.9 Å². The van der Waals surface area contributed by atoms with E-state index in [-0.39, 0.29) is 34.9 Å². The van der Waals surface area contributed by atoms with E-state index in [4.69, 9.17) is 4.74 Å². The first kappa shape index (κ1) is 20.3. The molecule has 1 aliphatic heterocycles. The predicted molar refractivity (Wildman–Crippen MR) is 117 cm³/mol. The maximum Gasteiger partial charge on any atom is 0.344 e. The molecule has 0 spiro atoms. The van der Waals surface area contributed by atoms with Crippen LogP contribution in [0.1, 0.15) is 74.6 Å². The van der Waals surface area contributed by atoms with Crippen molar-refractivity contribution in [3.05, 3.63) is 58.6 Å². The minimum absolute atomic E-state index is 0.0662. The highest BCUT2D eigenvalue weighted by molar-refractivity contribution is 5.96. The third-order valence-electron chi connectivity index (χ3n) is 7.57. The molecule has 1 aromatic heterocycles. The minimum atomic E-state index is -0.384. The maximum atomic E-state index is 14.5. The summed E-state index contributed by atoms with van der Waals surface area (Å²) in [5.74, 6) is 0.537. The number of hydrogen-bond acceptors (Lipinski definition) is 4. The zero-order chi connectivity index (χ0) is 22.1. The highest BCUT2D eigenvalue weighted by atomic mass is 19.1. The molecule has 2 heterocycles. The number of allylic oxidation sites excluding steroid dienone is 1. The van der Waals surface area contributed by atoms with Crippen LogP contribution < -0.4 is 5.32 Å². The summed E-state index contributed by atoms with van der Waals surface area (Å²) < 4.78 is 22.5. The standard InChI is InChI=1S/C25H30FN3O2/c1-14-20(23(30)31-21-15-10-11-16(12-15)25(21,4)5)22-27-19(13-24(2,3)29(22)28-14)17-8-6-7-9-18(17)26/h6-10,16,19,21,27H,11-13H2,1-5H3/t16-,19?,21?/m0/s1. The first-order valence-corrected chi connectivity index (χ1v) is 11.1. The van der Waals surface area contributed by atoms with Crippen LogP contribution in [0.25, 0.3) is 0 Å². The van der Waals surface area contributed by atoms with Gasteiger partial charge in [0.05, 0.1) is 17.3 Å². The monoisotopic (exact) mass is 423 g/mol. The number of nitrogens with one attached hydrogen (secondary N) is 1. The zero-order valence-electron chi connectivity index (χ0n) is 18.8. The molecule has 0 amide bonds. The van der Waals surface area contributed by atoms with Gasteiger partial charge in [-0.2, -0.15) is 5.10 Å². The van der Waals surface area contributed by atoms with Crippen LogP contribution in [0, 0.1) is 24.1 Å². The van der Waals surface area contributed by atoms with Crippen LogP contribution >= 0.6 is 0 Å². The molecule has 0 radical (unpaired) electrons. The number of fused-ring (bicyclic) bond motifs is 3. The Labute approximate surface area is 182 Å². The second-order valence-electron chi connectivity index (χ2n) is 10.5. The topological polar surface area (TPSA) is 56.2 Å². The second kappa shape index (κ2) is 6.68. The average molecular weight is 424 g/mol. The minimum Gasteiger partial charge on any atom is -0.454 e. The molecular formula is C25H30FN3O2. The molecule has 2 aromatic rings. The molecule has 2 bridgehead atoms. The first-order valence-electron chi connectivity index (χ1n) is 11.1. The van der Waals surface area contributed by atoms with Gasteiger partial charge in [-0.25, -0.2) is 13.9 Å². The quantitative estimate of drug-likeness (QED) is 0.521. The summed E-state index contributed by atoms with van der Waals surface area (Å²) in [6, 6.07) is 6.54. The SMILES string of the molecule is Cc1nn2c(c1C(=O)OC1C3=CC[C@@H](C3)C1(C)C)NC(c1ccccc1F)CC2(C)C. The molecule has 6 heteroatoms. The van der Waals surface area contributed by atoms with Crippen molar-refractivity contribution in [1.82, 2.24) is 9.78 Å². The number of benzene rings is 1. The molecule has 2 unspecified atom stereocenters. The lowest BCUT2D eigenvalue weighted by Gasteiger charge is -2.38. The Morgan fingerprint density at radius 3 is 2.68 bits per heavy atom. The highest BCUT2D eigenvalue weighted by Crippen LogP contribution is 2.54. The summed E-state index contributed by atoms with van der Waals surface area (Å²) in [4.78, 5) is 13.4. The zero-order valence-corrected chi connectivity index (χ0v) is 18.8. The number of carbonyl (C=O) groups is 1. The molecule has 3 aliphatic rings. The summed E-state index contributed by atoms with van der Waals surface area (Å²) in [6.45, 7) is 10.3. The van der Waals surface area contributed by atoms with Gasteiger partial charge < -0.3 is 10.1 Å². The molecule has 2 aliphatic carbocycles. The maximum absolute atomic E-state index is 14.5. The van der Waals surface area contributed by atoms with Gasteiger partial charge in [-0.05, 0) is 57.6 Å². The number of aryl methyl sites for hydroxylation is 1. The van der Waals surface area contributed by atoms with E-state index in [0.29, 0.717) is 35.0 Å². The van der Waals surface area contributed by atoms with E-state index in [2.05, 4.69) is 44.2 Å². The van der Waals surface area contributed by atoms with Crippen molar-refractivity contribution in [3.63, 3.8) is 0 Å². The fourth-order valence-electron chi connectivity index (χ4n) is 5.70. The number of nitrogens with zero attached hydrogens (tertiary/aromatic N) is 2. The van der Waals surface area contributed by atoms with E-state index in [0.717, 1.165) is 12.8 Å². The molecule has 1 aromatic carbocycles. The molecular weight excluding hydrogens is 393 g/mol. The lowest BCUT2D eigenvalue weighted by atomic mass is 9.76. The van der Waals surface area contributed by atoms with Crippen LogP contribution in [0.5, 0.6) is 0 Å². The van der Waals surface area contributed by atoms with E-state index in [1.54, 1.807) is 12.1 Å². The van der Waals surface area contributed by atoms with Gasteiger partial charge in [0.25, 0.3) is 0 Å². The van der Waals surface area contributed by atoms with E-state index < -0.39 is 0 Å². The van der Waals surface area contributed by atoms with Crippen molar-refractivity contribution >= 4 is 11.8 Å². The molecule has 1 fully saturated rings. The normalized spacial score (nSPS) is 27.4. The Hall–Kier alpha value is -2.63. The van der Waals surface area contributed by atoms with Crippen LogP contribution in [0.15, 0.2) is 35.9 Å². The number of halogens is 1. The van der Waals surface area contributed by atoms with Gasteiger partial charge in [0.15, 0.2) is 0 Å². The molecule has 1 N–H and O–H groups in total. The lowest BCUT2D eigenvalue weighted by Crippen LogP contribution is -2.39. The van der Waals surface area contributed by atoms with Crippen molar-refractivity contribution < 1.29 is 13.9 Å². The summed E-state index contributed by atoms with van der Waals surface area (Å²) in [5.41, 5.74) is 2.46. The molecule has 31 heavy (non-hydrogen) atoms. The number of ether oxygens (including phenoxy) is 1. The van der Waals surface area contributed by atoms with Crippen LogP contribution in [0.2, 0.25) is 0 Å². The van der Waals surface area contributed by atoms with Gasteiger partial charge in [0.1, 0.15) is 23.3 Å². The van der Waals surface area contributed by atoms with E-state index >= 15 is 0 Å². The number of aromatic nitrogens is 2. The van der Waals surface area contributed by atoms with Crippen molar-refractivity contribution in [2.45, 2.75) is 71.6 Å². The third-order valence-corrected chi connectivity index (χ3v) is 7.57. The van der Waals surface area contributed by atoms with Crippen LogP contribution in [-0.2, 0) is 10.3 Å². The Balaban J connectivity index is 1.50. The van der Waals surface area contributed by atoms with E-state index in [1.807, 2.05) is 17.7 Å². The van der Waals surface area contributed by atoms with Gasteiger partial charge in [-0.1, -0.05) is 38.1 Å². The molecule has 5 rings (SSSR count). The van der Waals surface area contributed by atoms with Gasteiger partial charge in [0.2, 0.25) is 0 Å². The van der Waals surface area contributed by atoms with Crippen LogP contribution in [0.3, 0.4) is 0 Å². The Kier molecular flexibility index (Phi) is 4.37. The van der Waals surface area contributed by atoms with Gasteiger partial charge in [0, 0.05) is 11.0 Å². The Bertz CT molecular complexity index is 1100. The fourth-order valence-corrected chi connectivity index (χ4v) is 5.70. The largest absolute Gasteiger partial charge is 0.454 e. The summed E-state index contributed by atoms with van der Waals surface area (Å²) in [5, 5.41) is 8.08. The predicted octanol–water partition coefficient (Wildman–Crippen LogP) is 5.52. The molecule has 3 atom stereocenters. The van der Waals surface area contributed by atoms with Crippen molar-refractivity contribution in [3.8, 4) is 0 Å². The first-order chi connectivity index (χ1) is 14.6. The molecule has 5 nitrogen and oxygen atoms in total. The molecule has 164 valence electrons. The number of anilines is 1. The second-order valence-corrected chi connectivity index (χ2v) is 10.5. The molecule has 0 saturated heterocycles. The van der Waals surface area contributed by atoms with Gasteiger partial charge >= 0.3 is 5.97 Å². The van der Waals surface area contributed by atoms with E-state index in [9.17, 15) is 9.18 Å². The van der Waals surface area contributed by atoms with Gasteiger partial charge in [-0.3, -0.25) is 0 Å². The Morgan fingerprint density at radius 1 is 1.26 bits per heavy atom. The van der Waals surface area contributed by atoms with Crippen molar-refractivity contribution in [2.24, 2.45) is 11.3 Å². The summed E-state index contributed by atoms with van der Waals surface area (Å²) in [7, 11) is 0. The van der Waals surface area contributed by atoms with Crippen molar-refractivity contribution in [2.75, 3.05) is 5.32 Å². The van der Waals surface area contributed by atoms with Crippen LogP contribution in [0.4, 0.5) is 10.2 Å². The average Bonchev–Trinajstić information content (AvgIpc) is 3.36. The van der Waals surface area contributed by atoms with E-state index in [1.165, 1.54) is 11.6 Å².